The van der Waals surface area contributed by atoms with E-state index in [1.54, 1.807) is 24.3 Å². The molecule has 0 bridgehead atoms. The molecule has 0 heterocycles. The van der Waals surface area contributed by atoms with Gasteiger partial charge in [0.2, 0.25) is 5.91 Å². The van der Waals surface area contributed by atoms with Gasteiger partial charge in [-0.25, -0.2) is 4.79 Å². The first kappa shape index (κ1) is 12.2. The van der Waals surface area contributed by atoms with Crippen molar-refractivity contribution in [1.29, 1.82) is 0 Å². The second-order valence-corrected chi connectivity index (χ2v) is 5.47. The highest BCUT2D eigenvalue weighted by molar-refractivity contribution is 5.88. The van der Waals surface area contributed by atoms with Crippen molar-refractivity contribution in [2.75, 3.05) is 0 Å². The van der Waals surface area contributed by atoms with Gasteiger partial charge in [0.1, 0.15) is 0 Å². The van der Waals surface area contributed by atoms with Crippen molar-refractivity contribution in [2.24, 2.45) is 17.8 Å². The minimum Gasteiger partial charge on any atom is -0.479 e. The summed E-state index contributed by atoms with van der Waals surface area (Å²) in [5.74, 6) is -0.0361. The van der Waals surface area contributed by atoms with E-state index in [1.165, 1.54) is 6.42 Å². The number of aliphatic carboxylic acids is 1. The van der Waals surface area contributed by atoms with E-state index in [4.69, 9.17) is 0 Å². The predicted molar refractivity (Wildman–Crippen MR) is 69.3 cm³/mol. The van der Waals surface area contributed by atoms with Crippen LogP contribution in [0.3, 0.4) is 0 Å². The Labute approximate surface area is 111 Å². The summed E-state index contributed by atoms with van der Waals surface area (Å²) in [7, 11) is 0. The molecule has 3 atom stereocenters. The van der Waals surface area contributed by atoms with Crippen molar-refractivity contribution in [1.82, 2.24) is 5.32 Å². The highest BCUT2D eigenvalue weighted by Gasteiger charge is 2.56. The standard InChI is InChI=1S/C15H17NO3/c17-14(12-10-7-4-8-11(10)12)16-13(15(18)19)9-5-2-1-3-6-9/h1-3,5-6,10-13H,4,7-8H2,(H,16,17)(H,18,19). The molecule has 2 aliphatic rings. The second-order valence-electron chi connectivity index (χ2n) is 5.47. The first-order valence-corrected chi connectivity index (χ1v) is 6.76. The van der Waals surface area contributed by atoms with Crippen molar-refractivity contribution in [2.45, 2.75) is 25.3 Å². The van der Waals surface area contributed by atoms with E-state index in [9.17, 15) is 14.7 Å². The lowest BCUT2D eigenvalue weighted by molar-refractivity contribution is -0.142. The molecule has 2 fully saturated rings. The quantitative estimate of drug-likeness (QED) is 0.868. The second kappa shape index (κ2) is 4.68. The summed E-state index contributed by atoms with van der Waals surface area (Å²) < 4.78 is 0. The van der Waals surface area contributed by atoms with Crippen LogP contribution in [0, 0.1) is 17.8 Å². The number of fused-ring (bicyclic) bond motifs is 1. The van der Waals surface area contributed by atoms with Crippen LogP contribution >= 0.6 is 0 Å². The molecule has 0 saturated heterocycles. The normalized spacial score (nSPS) is 29.4. The van der Waals surface area contributed by atoms with E-state index in [0.717, 1.165) is 12.8 Å². The average Bonchev–Trinajstić information content (AvgIpc) is 2.90. The minimum atomic E-state index is -1.01. The number of hydrogen-bond donors (Lipinski definition) is 2. The molecule has 1 aromatic rings. The lowest BCUT2D eigenvalue weighted by Gasteiger charge is -2.15. The van der Waals surface area contributed by atoms with Crippen LogP contribution in [-0.2, 0) is 9.59 Å². The van der Waals surface area contributed by atoms with Crippen LogP contribution in [0.2, 0.25) is 0 Å². The third-order valence-electron chi connectivity index (χ3n) is 4.38. The van der Waals surface area contributed by atoms with Gasteiger partial charge >= 0.3 is 5.97 Å². The SMILES string of the molecule is O=C(O)C(NC(=O)C1C2CCCC21)c1ccccc1. The molecule has 4 nitrogen and oxygen atoms in total. The summed E-state index contributed by atoms with van der Waals surface area (Å²) in [5.41, 5.74) is 0.620. The fourth-order valence-electron chi connectivity index (χ4n) is 3.38. The van der Waals surface area contributed by atoms with Crippen LogP contribution in [0.5, 0.6) is 0 Å². The molecule has 0 spiro atoms. The first-order valence-electron chi connectivity index (χ1n) is 6.76. The zero-order valence-electron chi connectivity index (χ0n) is 10.6. The van der Waals surface area contributed by atoms with Crippen molar-refractivity contribution >= 4 is 11.9 Å². The van der Waals surface area contributed by atoms with Gasteiger partial charge in [0.05, 0.1) is 0 Å². The summed E-state index contributed by atoms with van der Waals surface area (Å²) in [6, 6.07) is 7.91. The Hall–Kier alpha value is -1.84. The van der Waals surface area contributed by atoms with Gasteiger partial charge in [-0.05, 0) is 30.2 Å². The summed E-state index contributed by atoms with van der Waals surface area (Å²) >= 11 is 0. The molecule has 1 aromatic carbocycles. The highest BCUT2D eigenvalue weighted by atomic mass is 16.4. The maximum atomic E-state index is 12.1. The molecule has 2 N–H and O–H groups in total. The van der Waals surface area contributed by atoms with E-state index in [2.05, 4.69) is 5.32 Å². The Morgan fingerprint density at radius 2 is 1.79 bits per heavy atom. The zero-order valence-corrected chi connectivity index (χ0v) is 10.6. The molecule has 1 amide bonds. The maximum absolute atomic E-state index is 12.1. The Kier molecular flexibility index (Phi) is 3.01. The van der Waals surface area contributed by atoms with Crippen molar-refractivity contribution in [3.8, 4) is 0 Å². The van der Waals surface area contributed by atoms with Gasteiger partial charge in [-0.2, -0.15) is 0 Å². The minimum absolute atomic E-state index is 0.0549. The number of carbonyl (C=O) groups is 2. The Morgan fingerprint density at radius 1 is 1.16 bits per heavy atom. The van der Waals surface area contributed by atoms with Gasteiger partial charge in [0.25, 0.3) is 0 Å². The Morgan fingerprint density at radius 3 is 2.37 bits per heavy atom. The predicted octanol–water partition coefficient (Wildman–Crippen LogP) is 1.97. The molecule has 100 valence electrons. The monoisotopic (exact) mass is 259 g/mol. The Bertz CT molecular complexity index is 489. The average molecular weight is 259 g/mol. The number of hydrogen-bond acceptors (Lipinski definition) is 2. The molecular weight excluding hydrogens is 242 g/mol. The summed E-state index contributed by atoms with van der Waals surface area (Å²) in [4.78, 5) is 23.4. The molecule has 4 heteroatoms. The van der Waals surface area contributed by atoms with Gasteiger partial charge in [-0.15, -0.1) is 0 Å². The number of carboxylic acid groups (broad SMARTS) is 1. The van der Waals surface area contributed by atoms with Crippen LogP contribution in [0.15, 0.2) is 30.3 Å². The van der Waals surface area contributed by atoms with Crippen molar-refractivity contribution < 1.29 is 14.7 Å². The molecule has 0 aromatic heterocycles. The number of benzene rings is 1. The summed E-state index contributed by atoms with van der Waals surface area (Å²) in [6.45, 7) is 0. The van der Waals surface area contributed by atoms with Gasteiger partial charge < -0.3 is 10.4 Å². The van der Waals surface area contributed by atoms with Crippen LogP contribution in [-0.4, -0.2) is 17.0 Å². The van der Waals surface area contributed by atoms with E-state index < -0.39 is 12.0 Å². The van der Waals surface area contributed by atoms with Gasteiger partial charge in [0, 0.05) is 5.92 Å². The summed E-state index contributed by atoms with van der Waals surface area (Å²) in [5, 5.41) is 12.0. The van der Waals surface area contributed by atoms with Crippen LogP contribution in [0.1, 0.15) is 30.9 Å². The topological polar surface area (TPSA) is 66.4 Å². The molecule has 2 saturated carbocycles. The number of nitrogens with one attached hydrogen (secondary N) is 1. The van der Waals surface area contributed by atoms with E-state index >= 15 is 0 Å². The molecule has 0 aliphatic heterocycles. The highest BCUT2D eigenvalue weighted by Crippen LogP contribution is 2.57. The smallest absolute Gasteiger partial charge is 0.330 e. The van der Waals surface area contributed by atoms with Crippen molar-refractivity contribution in [3.63, 3.8) is 0 Å². The fraction of sp³-hybridized carbons (Fsp3) is 0.467. The van der Waals surface area contributed by atoms with E-state index in [0.29, 0.717) is 17.4 Å². The number of amides is 1. The van der Waals surface area contributed by atoms with E-state index in [1.807, 2.05) is 6.07 Å². The lowest BCUT2D eigenvalue weighted by atomic mass is 10.1. The van der Waals surface area contributed by atoms with Crippen LogP contribution < -0.4 is 5.32 Å². The molecule has 19 heavy (non-hydrogen) atoms. The largest absolute Gasteiger partial charge is 0.479 e. The van der Waals surface area contributed by atoms with Gasteiger partial charge in [-0.3, -0.25) is 4.79 Å². The number of carbonyl (C=O) groups excluding carboxylic acids is 1. The third-order valence-corrected chi connectivity index (χ3v) is 4.38. The molecular formula is C15H17NO3. The molecule has 2 aliphatic carbocycles. The summed E-state index contributed by atoms with van der Waals surface area (Å²) in [6.07, 6.45) is 3.44. The van der Waals surface area contributed by atoms with Crippen LogP contribution in [0.4, 0.5) is 0 Å². The lowest BCUT2D eigenvalue weighted by Crippen LogP contribution is -2.35. The molecule has 3 rings (SSSR count). The van der Waals surface area contributed by atoms with Gasteiger partial charge in [-0.1, -0.05) is 36.8 Å². The molecule has 3 unspecified atom stereocenters. The number of carboxylic acids is 1. The van der Waals surface area contributed by atoms with Crippen molar-refractivity contribution in [3.05, 3.63) is 35.9 Å². The van der Waals surface area contributed by atoms with Crippen LogP contribution in [0.25, 0.3) is 0 Å². The maximum Gasteiger partial charge on any atom is 0.330 e. The van der Waals surface area contributed by atoms with Gasteiger partial charge in [0.15, 0.2) is 6.04 Å². The zero-order chi connectivity index (χ0) is 13.4. The fourth-order valence-corrected chi connectivity index (χ4v) is 3.38. The van der Waals surface area contributed by atoms with E-state index in [-0.39, 0.29) is 11.8 Å². The first-order chi connectivity index (χ1) is 9.18. The molecule has 0 radical (unpaired) electrons. The Balaban J connectivity index is 1.69. The third kappa shape index (κ3) is 2.23. The number of rotatable bonds is 4.